The Morgan fingerprint density at radius 1 is 1.37 bits per heavy atom. The van der Waals surface area contributed by atoms with Gasteiger partial charge in [-0.05, 0) is 24.7 Å². The number of halogens is 2. The molecule has 0 amide bonds. The maximum atomic E-state index is 5.86. The summed E-state index contributed by atoms with van der Waals surface area (Å²) in [5, 5.41) is 4.03. The number of thiocarbonyl (C=S) groups is 1. The highest BCUT2D eigenvalue weighted by atomic mass is 35.5. The largest absolute Gasteiger partial charge is 0.370 e. The zero-order valence-corrected chi connectivity index (χ0v) is 13.5. The highest BCUT2D eigenvalue weighted by Gasteiger charge is 2.28. The van der Waals surface area contributed by atoms with Crippen LogP contribution in [-0.4, -0.2) is 21.0 Å². The first-order chi connectivity index (χ1) is 8.99. The molecule has 2 N–H and O–H groups in total. The van der Waals surface area contributed by atoms with Gasteiger partial charge in [-0.25, -0.2) is 4.98 Å². The van der Waals surface area contributed by atoms with Gasteiger partial charge in [-0.2, -0.15) is 0 Å². The number of hydrogen-bond acceptors (Lipinski definition) is 2. The van der Waals surface area contributed by atoms with Crippen molar-refractivity contribution in [3.8, 4) is 0 Å². The van der Waals surface area contributed by atoms with Gasteiger partial charge in [0.1, 0.15) is 10.1 Å². The minimum Gasteiger partial charge on any atom is -0.370 e. The van der Waals surface area contributed by atoms with Crippen molar-refractivity contribution in [2.24, 2.45) is 11.8 Å². The van der Waals surface area contributed by atoms with Crippen molar-refractivity contribution in [2.75, 3.05) is 0 Å². The van der Waals surface area contributed by atoms with Crippen molar-refractivity contribution >= 4 is 40.4 Å². The average molecular weight is 320 g/mol. The number of aromatic nitrogens is 2. The summed E-state index contributed by atoms with van der Waals surface area (Å²) in [7, 11) is 0. The van der Waals surface area contributed by atoms with Crippen LogP contribution in [0.5, 0.6) is 0 Å². The molecular weight excluding hydrogens is 301 g/mol. The van der Waals surface area contributed by atoms with E-state index in [0.29, 0.717) is 33.8 Å². The third-order valence-corrected chi connectivity index (χ3v) is 4.78. The molecule has 0 bridgehead atoms. The van der Waals surface area contributed by atoms with Gasteiger partial charge in [-0.15, -0.1) is 0 Å². The first-order valence-electron chi connectivity index (χ1n) is 6.71. The second-order valence-corrected chi connectivity index (χ2v) is 6.61. The summed E-state index contributed by atoms with van der Waals surface area (Å²) >= 11 is 17.1. The highest BCUT2D eigenvalue weighted by molar-refractivity contribution is 7.80. The Morgan fingerprint density at radius 3 is 2.63 bits per heavy atom. The van der Waals surface area contributed by atoms with E-state index in [-0.39, 0.29) is 5.15 Å². The van der Waals surface area contributed by atoms with Crippen molar-refractivity contribution in [1.82, 2.24) is 15.3 Å². The monoisotopic (exact) mass is 319 g/mol. The summed E-state index contributed by atoms with van der Waals surface area (Å²) in [5.41, 5.74) is 0. The van der Waals surface area contributed by atoms with E-state index in [0.717, 1.165) is 6.42 Å². The maximum Gasteiger partial charge on any atom is 0.167 e. The third kappa shape index (κ3) is 3.61. The molecule has 1 fully saturated rings. The molecule has 0 aliphatic heterocycles. The van der Waals surface area contributed by atoms with E-state index >= 15 is 0 Å². The number of nitrogens with zero attached hydrogens (tertiary/aromatic N) is 1. The van der Waals surface area contributed by atoms with Crippen LogP contribution in [0.25, 0.3) is 0 Å². The SMILES string of the molecule is CC(C)[C@H]1CCCC[C@H]1NC(=S)c1nc(Cl)c(Cl)[nH]1. The van der Waals surface area contributed by atoms with Gasteiger partial charge in [0.2, 0.25) is 0 Å². The molecule has 1 aliphatic carbocycles. The number of rotatable bonds is 3. The maximum absolute atomic E-state index is 5.86. The zero-order chi connectivity index (χ0) is 14.0. The fourth-order valence-electron chi connectivity index (χ4n) is 2.81. The first-order valence-corrected chi connectivity index (χ1v) is 7.87. The zero-order valence-electron chi connectivity index (χ0n) is 11.2. The quantitative estimate of drug-likeness (QED) is 0.820. The normalized spacial score (nSPS) is 23.6. The van der Waals surface area contributed by atoms with Crippen LogP contribution in [-0.2, 0) is 0 Å². The predicted molar refractivity (Wildman–Crippen MR) is 84.0 cm³/mol. The van der Waals surface area contributed by atoms with Crippen molar-refractivity contribution in [3.63, 3.8) is 0 Å². The Bertz CT molecular complexity index is 439. The summed E-state index contributed by atoms with van der Waals surface area (Å²) in [6.07, 6.45) is 4.98. The lowest BCUT2D eigenvalue weighted by Gasteiger charge is -2.35. The van der Waals surface area contributed by atoms with Crippen molar-refractivity contribution in [3.05, 3.63) is 16.1 Å². The van der Waals surface area contributed by atoms with Gasteiger partial charge in [-0.3, -0.25) is 0 Å². The highest BCUT2D eigenvalue weighted by Crippen LogP contribution is 2.30. The Balaban J connectivity index is 2.04. The molecule has 2 atom stereocenters. The standard InChI is InChI=1S/C13H19Cl2N3S/c1-7(2)8-5-3-4-6-9(8)16-13(19)12-17-10(14)11(15)18-12/h7-9H,3-6H2,1-2H3,(H,16,19)(H,17,18)/t8-,9-/m1/s1. The average Bonchev–Trinajstić information content (AvgIpc) is 2.70. The van der Waals surface area contributed by atoms with E-state index in [2.05, 4.69) is 29.1 Å². The van der Waals surface area contributed by atoms with Crippen LogP contribution in [0.4, 0.5) is 0 Å². The van der Waals surface area contributed by atoms with Crippen LogP contribution in [0.1, 0.15) is 45.4 Å². The lowest BCUT2D eigenvalue weighted by Crippen LogP contribution is -2.43. The van der Waals surface area contributed by atoms with Crippen LogP contribution in [0, 0.1) is 11.8 Å². The Labute approximate surface area is 129 Å². The second kappa shape index (κ2) is 6.42. The van der Waals surface area contributed by atoms with Gasteiger partial charge in [0.25, 0.3) is 0 Å². The number of hydrogen-bond donors (Lipinski definition) is 2. The van der Waals surface area contributed by atoms with Gasteiger partial charge >= 0.3 is 0 Å². The smallest absolute Gasteiger partial charge is 0.167 e. The van der Waals surface area contributed by atoms with Gasteiger partial charge in [-0.1, -0.05) is 62.1 Å². The molecule has 1 aromatic heterocycles. The molecule has 0 unspecified atom stereocenters. The van der Waals surface area contributed by atoms with E-state index in [9.17, 15) is 0 Å². The lowest BCUT2D eigenvalue weighted by atomic mass is 9.78. The van der Waals surface area contributed by atoms with E-state index in [4.69, 9.17) is 35.4 Å². The molecule has 1 heterocycles. The number of nitrogens with one attached hydrogen (secondary N) is 2. The van der Waals surface area contributed by atoms with Gasteiger partial charge in [0.15, 0.2) is 11.0 Å². The first kappa shape index (κ1) is 15.1. The molecule has 1 saturated carbocycles. The Morgan fingerprint density at radius 2 is 2.05 bits per heavy atom. The van der Waals surface area contributed by atoms with E-state index in [1.807, 2.05) is 0 Å². The van der Waals surface area contributed by atoms with Crippen molar-refractivity contribution < 1.29 is 0 Å². The second-order valence-electron chi connectivity index (χ2n) is 5.46. The van der Waals surface area contributed by atoms with E-state index < -0.39 is 0 Å². The topological polar surface area (TPSA) is 40.7 Å². The Hall–Kier alpha value is -0.320. The number of imidazole rings is 1. The molecule has 0 spiro atoms. The molecule has 0 aromatic carbocycles. The molecule has 0 radical (unpaired) electrons. The molecule has 3 nitrogen and oxygen atoms in total. The number of aromatic amines is 1. The summed E-state index contributed by atoms with van der Waals surface area (Å²) in [6, 6.07) is 0.420. The molecule has 1 aromatic rings. The molecular formula is C13H19Cl2N3S. The third-order valence-electron chi connectivity index (χ3n) is 3.83. The van der Waals surface area contributed by atoms with Crippen LogP contribution in [0.3, 0.4) is 0 Å². The van der Waals surface area contributed by atoms with Crippen LogP contribution in [0.15, 0.2) is 0 Å². The fourth-order valence-corrected chi connectivity index (χ4v) is 3.32. The minimum atomic E-state index is 0.268. The van der Waals surface area contributed by atoms with Gasteiger partial charge in [0, 0.05) is 6.04 Å². The molecule has 1 aliphatic rings. The van der Waals surface area contributed by atoms with Crippen molar-refractivity contribution in [1.29, 1.82) is 0 Å². The minimum absolute atomic E-state index is 0.268. The molecule has 106 valence electrons. The summed E-state index contributed by atoms with van der Waals surface area (Å²) in [4.78, 5) is 7.62. The van der Waals surface area contributed by atoms with E-state index in [1.54, 1.807) is 0 Å². The summed E-state index contributed by atoms with van der Waals surface area (Å²) < 4.78 is 0. The summed E-state index contributed by atoms with van der Waals surface area (Å²) in [6.45, 7) is 4.54. The van der Waals surface area contributed by atoms with Crippen molar-refractivity contribution in [2.45, 2.75) is 45.6 Å². The number of H-pyrrole nitrogens is 1. The van der Waals surface area contributed by atoms with Crippen LogP contribution < -0.4 is 5.32 Å². The molecule has 19 heavy (non-hydrogen) atoms. The predicted octanol–water partition coefficient (Wildman–Crippen LogP) is 4.20. The van der Waals surface area contributed by atoms with Gasteiger partial charge < -0.3 is 10.3 Å². The molecule has 0 saturated heterocycles. The lowest BCUT2D eigenvalue weighted by molar-refractivity contribution is 0.225. The summed E-state index contributed by atoms with van der Waals surface area (Å²) in [5.74, 6) is 1.87. The molecule has 6 heteroatoms. The van der Waals surface area contributed by atoms with Gasteiger partial charge in [0.05, 0.1) is 0 Å². The fraction of sp³-hybridized carbons (Fsp3) is 0.692. The van der Waals surface area contributed by atoms with Crippen LogP contribution in [0.2, 0.25) is 10.3 Å². The van der Waals surface area contributed by atoms with E-state index in [1.165, 1.54) is 19.3 Å². The molecule has 2 rings (SSSR count). The van der Waals surface area contributed by atoms with Crippen LogP contribution >= 0.6 is 35.4 Å². The Kier molecular flexibility index (Phi) is 5.09.